The molecule has 96 valence electrons. The minimum absolute atomic E-state index is 0.0868. The van der Waals surface area contributed by atoms with Gasteiger partial charge in [0, 0.05) is 18.7 Å². The van der Waals surface area contributed by atoms with Gasteiger partial charge in [-0.2, -0.15) is 0 Å². The zero-order valence-corrected chi connectivity index (χ0v) is 10.8. The molecule has 0 radical (unpaired) electrons. The molecule has 0 aliphatic heterocycles. The van der Waals surface area contributed by atoms with Gasteiger partial charge in [-0.3, -0.25) is 11.3 Å². The Bertz CT molecular complexity index is 331. The highest BCUT2D eigenvalue weighted by molar-refractivity contribution is 5.35. The van der Waals surface area contributed by atoms with Crippen molar-refractivity contribution in [3.05, 3.63) is 29.8 Å². The molecule has 2 unspecified atom stereocenters. The van der Waals surface area contributed by atoms with Gasteiger partial charge in [0.25, 0.3) is 0 Å². The fraction of sp³-hybridized carbons (Fsp3) is 0.538. The number of para-hydroxylation sites is 1. The fourth-order valence-corrected chi connectivity index (χ4v) is 1.80. The third kappa shape index (κ3) is 4.00. The van der Waals surface area contributed by atoms with Crippen LogP contribution in [-0.4, -0.2) is 20.3 Å². The molecule has 1 aromatic carbocycles. The molecule has 0 bridgehead atoms. The van der Waals surface area contributed by atoms with Crippen molar-refractivity contribution in [2.75, 3.05) is 14.2 Å². The van der Waals surface area contributed by atoms with E-state index in [1.54, 1.807) is 14.2 Å². The maximum atomic E-state index is 5.61. The van der Waals surface area contributed by atoms with Gasteiger partial charge in [0.05, 0.1) is 13.2 Å². The van der Waals surface area contributed by atoms with E-state index in [4.69, 9.17) is 15.3 Å². The van der Waals surface area contributed by atoms with Crippen LogP contribution in [0.3, 0.4) is 0 Å². The SMILES string of the molecule is COc1ccccc1C(CCC(C)OC)NN. The van der Waals surface area contributed by atoms with Crippen LogP contribution in [0.5, 0.6) is 5.75 Å². The van der Waals surface area contributed by atoms with Crippen LogP contribution in [0.2, 0.25) is 0 Å². The van der Waals surface area contributed by atoms with Crippen LogP contribution in [0, 0.1) is 0 Å². The average Bonchev–Trinajstić information content (AvgIpc) is 2.39. The largest absolute Gasteiger partial charge is 0.496 e. The number of hydrogen-bond donors (Lipinski definition) is 2. The predicted molar refractivity (Wildman–Crippen MR) is 68.8 cm³/mol. The lowest BCUT2D eigenvalue weighted by molar-refractivity contribution is 0.106. The number of hydrogen-bond acceptors (Lipinski definition) is 4. The Hall–Kier alpha value is -1.10. The number of methoxy groups -OCH3 is 2. The van der Waals surface area contributed by atoms with E-state index in [1.165, 1.54) is 0 Å². The Balaban J connectivity index is 2.72. The molecule has 0 aromatic heterocycles. The lowest BCUT2D eigenvalue weighted by atomic mass is 10.00. The number of nitrogens with one attached hydrogen (secondary N) is 1. The van der Waals surface area contributed by atoms with Gasteiger partial charge in [-0.05, 0) is 25.8 Å². The Morgan fingerprint density at radius 3 is 2.53 bits per heavy atom. The van der Waals surface area contributed by atoms with Gasteiger partial charge in [0.15, 0.2) is 0 Å². The molecule has 0 saturated carbocycles. The van der Waals surface area contributed by atoms with Crippen LogP contribution in [0.1, 0.15) is 31.4 Å². The van der Waals surface area contributed by atoms with Crippen molar-refractivity contribution in [3.8, 4) is 5.75 Å². The summed E-state index contributed by atoms with van der Waals surface area (Å²) in [6.45, 7) is 2.05. The summed E-state index contributed by atoms with van der Waals surface area (Å²) in [7, 11) is 3.39. The van der Waals surface area contributed by atoms with Crippen molar-refractivity contribution in [2.24, 2.45) is 5.84 Å². The molecular weight excluding hydrogens is 216 g/mol. The molecule has 0 amide bonds. The lowest BCUT2D eigenvalue weighted by Gasteiger charge is -2.20. The Morgan fingerprint density at radius 1 is 1.24 bits per heavy atom. The Morgan fingerprint density at radius 2 is 1.94 bits per heavy atom. The quantitative estimate of drug-likeness (QED) is 0.563. The number of nitrogens with two attached hydrogens (primary N) is 1. The summed E-state index contributed by atoms with van der Waals surface area (Å²) in [6, 6.07) is 8.00. The van der Waals surface area contributed by atoms with Crippen LogP contribution in [0.4, 0.5) is 0 Å². The van der Waals surface area contributed by atoms with Gasteiger partial charge >= 0.3 is 0 Å². The van der Waals surface area contributed by atoms with E-state index < -0.39 is 0 Å². The van der Waals surface area contributed by atoms with Gasteiger partial charge in [-0.1, -0.05) is 18.2 Å². The molecule has 0 aliphatic carbocycles. The Labute approximate surface area is 103 Å². The molecule has 4 heteroatoms. The van der Waals surface area contributed by atoms with Crippen molar-refractivity contribution in [3.63, 3.8) is 0 Å². The van der Waals surface area contributed by atoms with E-state index in [-0.39, 0.29) is 12.1 Å². The second-order valence-electron chi connectivity index (χ2n) is 4.08. The topological polar surface area (TPSA) is 56.5 Å². The standard InChI is InChI=1S/C13H22N2O2/c1-10(16-2)8-9-12(15-14)11-6-4-5-7-13(11)17-3/h4-7,10,12,15H,8-9,14H2,1-3H3. The lowest BCUT2D eigenvalue weighted by Crippen LogP contribution is -2.29. The zero-order valence-electron chi connectivity index (χ0n) is 10.8. The summed E-state index contributed by atoms with van der Waals surface area (Å²) in [5.74, 6) is 6.47. The minimum Gasteiger partial charge on any atom is -0.496 e. The second kappa shape index (κ2) is 7.27. The summed E-state index contributed by atoms with van der Waals surface area (Å²) >= 11 is 0. The molecule has 1 aromatic rings. The molecule has 0 saturated heterocycles. The van der Waals surface area contributed by atoms with Crippen LogP contribution in [-0.2, 0) is 4.74 Å². The maximum absolute atomic E-state index is 5.61. The highest BCUT2D eigenvalue weighted by Crippen LogP contribution is 2.27. The molecule has 2 atom stereocenters. The number of benzene rings is 1. The van der Waals surface area contributed by atoms with Crippen molar-refractivity contribution < 1.29 is 9.47 Å². The first-order valence-electron chi connectivity index (χ1n) is 5.84. The van der Waals surface area contributed by atoms with Crippen LogP contribution < -0.4 is 16.0 Å². The third-order valence-electron chi connectivity index (χ3n) is 2.98. The van der Waals surface area contributed by atoms with Crippen LogP contribution in [0.25, 0.3) is 0 Å². The number of hydrazine groups is 1. The average molecular weight is 238 g/mol. The zero-order chi connectivity index (χ0) is 12.7. The summed E-state index contributed by atoms with van der Waals surface area (Å²) in [5.41, 5.74) is 3.92. The predicted octanol–water partition coefficient (Wildman–Crippen LogP) is 2.01. The van der Waals surface area contributed by atoms with E-state index in [0.29, 0.717) is 0 Å². The molecule has 0 fully saturated rings. The van der Waals surface area contributed by atoms with Crippen LogP contribution in [0.15, 0.2) is 24.3 Å². The van der Waals surface area contributed by atoms with Crippen LogP contribution >= 0.6 is 0 Å². The molecule has 1 rings (SSSR count). The fourth-order valence-electron chi connectivity index (χ4n) is 1.80. The normalized spacial score (nSPS) is 14.4. The molecule has 0 aliphatic rings. The number of ether oxygens (including phenoxy) is 2. The van der Waals surface area contributed by atoms with Crippen molar-refractivity contribution in [1.82, 2.24) is 5.43 Å². The summed E-state index contributed by atoms with van der Waals surface area (Å²) in [5, 5.41) is 0. The first-order chi connectivity index (χ1) is 8.22. The molecule has 0 spiro atoms. The molecule has 4 nitrogen and oxygen atoms in total. The van der Waals surface area contributed by atoms with E-state index >= 15 is 0 Å². The van der Waals surface area contributed by atoms with E-state index in [0.717, 1.165) is 24.2 Å². The van der Waals surface area contributed by atoms with Gasteiger partial charge in [0.1, 0.15) is 5.75 Å². The van der Waals surface area contributed by atoms with E-state index in [1.807, 2.05) is 24.3 Å². The molecular formula is C13H22N2O2. The van der Waals surface area contributed by atoms with Crippen molar-refractivity contribution in [1.29, 1.82) is 0 Å². The summed E-state index contributed by atoms with van der Waals surface area (Å²) < 4.78 is 10.6. The van der Waals surface area contributed by atoms with Gasteiger partial charge in [0.2, 0.25) is 0 Å². The molecule has 0 heterocycles. The second-order valence-corrected chi connectivity index (χ2v) is 4.08. The van der Waals surface area contributed by atoms with Gasteiger partial charge in [-0.25, -0.2) is 0 Å². The summed E-state index contributed by atoms with van der Waals surface area (Å²) in [6.07, 6.45) is 2.09. The van der Waals surface area contributed by atoms with Crippen molar-refractivity contribution in [2.45, 2.75) is 31.9 Å². The van der Waals surface area contributed by atoms with Gasteiger partial charge < -0.3 is 9.47 Å². The molecule has 3 N–H and O–H groups in total. The summed E-state index contributed by atoms with van der Waals surface area (Å²) in [4.78, 5) is 0. The monoisotopic (exact) mass is 238 g/mol. The minimum atomic E-state index is 0.0868. The highest BCUT2D eigenvalue weighted by atomic mass is 16.5. The third-order valence-corrected chi connectivity index (χ3v) is 2.98. The first-order valence-corrected chi connectivity index (χ1v) is 5.84. The van der Waals surface area contributed by atoms with E-state index in [2.05, 4.69) is 12.3 Å². The Kier molecular flexibility index (Phi) is 5.97. The first kappa shape index (κ1) is 14.0. The highest BCUT2D eigenvalue weighted by Gasteiger charge is 2.15. The number of rotatable bonds is 7. The molecule has 17 heavy (non-hydrogen) atoms. The van der Waals surface area contributed by atoms with E-state index in [9.17, 15) is 0 Å². The van der Waals surface area contributed by atoms with Crippen molar-refractivity contribution >= 4 is 0 Å². The maximum Gasteiger partial charge on any atom is 0.123 e. The van der Waals surface area contributed by atoms with Gasteiger partial charge in [-0.15, -0.1) is 0 Å². The smallest absolute Gasteiger partial charge is 0.123 e.